The number of nitrogens with one attached hydrogen (secondary N) is 1. The molecule has 6 nitrogen and oxygen atoms in total. The highest BCUT2D eigenvalue weighted by Crippen LogP contribution is 2.26. The Kier molecular flexibility index (Phi) is 5.32. The molecule has 0 aliphatic rings. The molecular weight excluding hydrogens is 397 g/mol. The van der Waals surface area contributed by atoms with Gasteiger partial charge in [-0.1, -0.05) is 47.5 Å². The Labute approximate surface area is 171 Å². The Balaban J connectivity index is 1.41. The molecule has 4 aromatic rings. The number of hydrogen-bond acceptors (Lipinski definition) is 3. The molecule has 0 atom stereocenters. The van der Waals surface area contributed by atoms with Crippen LogP contribution in [0, 0.1) is 0 Å². The highest BCUT2D eigenvalue weighted by molar-refractivity contribution is 6.42. The summed E-state index contributed by atoms with van der Waals surface area (Å²) in [5.41, 5.74) is 2.76. The molecule has 0 spiro atoms. The quantitative estimate of drug-likeness (QED) is 0.501. The van der Waals surface area contributed by atoms with Crippen LogP contribution < -0.4 is 5.32 Å². The molecule has 4 rings (SSSR count). The van der Waals surface area contributed by atoms with Gasteiger partial charge in [-0.05, 0) is 23.8 Å². The van der Waals surface area contributed by atoms with E-state index < -0.39 is 0 Å². The van der Waals surface area contributed by atoms with Gasteiger partial charge in [0.1, 0.15) is 5.82 Å². The average Bonchev–Trinajstić information content (AvgIpc) is 3.31. The summed E-state index contributed by atoms with van der Waals surface area (Å²) < 4.78 is 3.65. The Morgan fingerprint density at radius 1 is 1.07 bits per heavy atom. The first kappa shape index (κ1) is 18.5. The second-order valence-corrected chi connectivity index (χ2v) is 7.10. The zero-order valence-electron chi connectivity index (χ0n) is 14.8. The Morgan fingerprint density at radius 2 is 1.93 bits per heavy atom. The maximum atomic E-state index is 12.4. The number of para-hydroxylation sites is 2. The number of halogens is 2. The van der Waals surface area contributed by atoms with E-state index in [2.05, 4.69) is 15.4 Å². The van der Waals surface area contributed by atoms with E-state index in [0.717, 1.165) is 16.6 Å². The van der Waals surface area contributed by atoms with Crippen molar-refractivity contribution < 1.29 is 4.79 Å². The summed E-state index contributed by atoms with van der Waals surface area (Å²) in [6.07, 6.45) is 3.71. The van der Waals surface area contributed by atoms with Crippen molar-refractivity contribution in [1.82, 2.24) is 19.3 Å². The van der Waals surface area contributed by atoms with Crippen molar-refractivity contribution in [2.75, 3.05) is 5.32 Å². The Morgan fingerprint density at radius 3 is 2.82 bits per heavy atom. The van der Waals surface area contributed by atoms with Gasteiger partial charge in [-0.2, -0.15) is 5.10 Å². The minimum Gasteiger partial charge on any atom is -0.330 e. The molecule has 0 unspecified atom stereocenters. The molecule has 0 bridgehead atoms. The third-order valence-corrected chi connectivity index (χ3v) is 5.30. The van der Waals surface area contributed by atoms with E-state index >= 15 is 0 Å². The van der Waals surface area contributed by atoms with E-state index in [-0.39, 0.29) is 5.91 Å². The molecule has 0 fully saturated rings. The topological polar surface area (TPSA) is 64.7 Å². The van der Waals surface area contributed by atoms with Crippen molar-refractivity contribution in [3.8, 4) is 0 Å². The van der Waals surface area contributed by atoms with Gasteiger partial charge in [0.2, 0.25) is 5.91 Å². The number of carbonyl (C=O) groups excluding carboxylic acids is 1. The second kappa shape index (κ2) is 8.04. The molecule has 2 aromatic heterocycles. The van der Waals surface area contributed by atoms with Gasteiger partial charge >= 0.3 is 0 Å². The molecule has 2 heterocycles. The first-order valence-corrected chi connectivity index (χ1v) is 9.52. The van der Waals surface area contributed by atoms with Gasteiger partial charge in [0.05, 0.1) is 40.1 Å². The average molecular weight is 414 g/mol. The van der Waals surface area contributed by atoms with Crippen LogP contribution in [0.2, 0.25) is 10.0 Å². The normalized spacial score (nSPS) is 11.1. The summed E-state index contributed by atoms with van der Waals surface area (Å²) in [4.78, 5) is 16.8. The lowest BCUT2D eigenvalue weighted by Gasteiger charge is -2.11. The lowest BCUT2D eigenvalue weighted by Crippen LogP contribution is -2.17. The first-order valence-electron chi connectivity index (χ1n) is 8.76. The number of benzene rings is 2. The number of imidazole rings is 1. The van der Waals surface area contributed by atoms with Crippen molar-refractivity contribution >= 4 is 46.0 Å². The van der Waals surface area contributed by atoms with Crippen molar-refractivity contribution in [3.05, 3.63) is 76.7 Å². The molecule has 1 amide bonds. The summed E-state index contributed by atoms with van der Waals surface area (Å²) in [6.45, 7) is 0.953. The molecule has 0 saturated heterocycles. The molecule has 0 saturated carbocycles. The molecule has 1 N–H and O–H groups in total. The summed E-state index contributed by atoms with van der Waals surface area (Å²) in [6, 6.07) is 15.0. The van der Waals surface area contributed by atoms with Crippen LogP contribution in [-0.4, -0.2) is 25.2 Å². The number of anilines is 1. The van der Waals surface area contributed by atoms with E-state index in [1.54, 1.807) is 29.3 Å². The highest BCUT2D eigenvalue weighted by atomic mass is 35.5. The van der Waals surface area contributed by atoms with Crippen LogP contribution in [0.25, 0.3) is 11.0 Å². The molecule has 0 aliphatic heterocycles. The zero-order valence-corrected chi connectivity index (χ0v) is 16.4. The Hall–Kier alpha value is -2.83. The number of aryl methyl sites for hydroxylation is 1. The van der Waals surface area contributed by atoms with E-state index in [4.69, 9.17) is 23.2 Å². The van der Waals surface area contributed by atoms with Crippen molar-refractivity contribution in [2.45, 2.75) is 19.5 Å². The number of aromatic nitrogens is 4. The number of fused-ring (bicyclic) bond motifs is 1. The monoisotopic (exact) mass is 413 g/mol. The number of nitrogens with zero attached hydrogens (tertiary/aromatic N) is 4. The minimum atomic E-state index is -0.100. The maximum Gasteiger partial charge on any atom is 0.227 e. The summed E-state index contributed by atoms with van der Waals surface area (Å²) in [5.74, 6) is 0.508. The third kappa shape index (κ3) is 3.88. The van der Waals surface area contributed by atoms with Crippen LogP contribution >= 0.6 is 23.2 Å². The van der Waals surface area contributed by atoms with Crippen LogP contribution in [0.1, 0.15) is 12.0 Å². The lowest BCUT2D eigenvalue weighted by molar-refractivity contribution is -0.116. The predicted molar refractivity (Wildman–Crippen MR) is 111 cm³/mol. The maximum absolute atomic E-state index is 12.4. The fourth-order valence-electron chi connectivity index (χ4n) is 3.01. The van der Waals surface area contributed by atoms with E-state index in [1.165, 1.54) is 0 Å². The first-order chi connectivity index (χ1) is 13.6. The zero-order chi connectivity index (χ0) is 19.5. The SMILES string of the molecule is O=C(CCn1cnc2ccccc21)Nc1ccnn1Cc1cccc(Cl)c1Cl. The minimum absolute atomic E-state index is 0.100. The van der Waals surface area contributed by atoms with Crippen molar-refractivity contribution in [3.63, 3.8) is 0 Å². The number of carbonyl (C=O) groups is 1. The molecule has 2 aromatic carbocycles. The van der Waals surface area contributed by atoms with Gasteiger partial charge < -0.3 is 9.88 Å². The largest absolute Gasteiger partial charge is 0.330 e. The van der Waals surface area contributed by atoms with Crippen LogP contribution in [0.4, 0.5) is 5.82 Å². The summed E-state index contributed by atoms with van der Waals surface area (Å²) in [7, 11) is 0. The van der Waals surface area contributed by atoms with Crippen LogP contribution in [0.5, 0.6) is 0 Å². The number of hydrogen-bond donors (Lipinski definition) is 1. The van der Waals surface area contributed by atoms with Gasteiger partial charge in [-0.15, -0.1) is 0 Å². The fourth-order valence-corrected chi connectivity index (χ4v) is 3.39. The van der Waals surface area contributed by atoms with Gasteiger partial charge in [0.15, 0.2) is 0 Å². The number of rotatable bonds is 6. The van der Waals surface area contributed by atoms with Gasteiger partial charge in [0, 0.05) is 19.0 Å². The summed E-state index contributed by atoms with van der Waals surface area (Å²) in [5, 5.41) is 8.16. The smallest absolute Gasteiger partial charge is 0.227 e. The molecule has 8 heteroatoms. The van der Waals surface area contributed by atoms with Crippen LogP contribution in [0.3, 0.4) is 0 Å². The molecule has 0 radical (unpaired) electrons. The second-order valence-electron chi connectivity index (χ2n) is 6.31. The van der Waals surface area contributed by atoms with Crippen molar-refractivity contribution in [1.29, 1.82) is 0 Å². The predicted octanol–water partition coefficient (Wildman–Crippen LogP) is 4.62. The number of amides is 1. The van der Waals surface area contributed by atoms with Crippen LogP contribution in [0.15, 0.2) is 61.1 Å². The van der Waals surface area contributed by atoms with E-state index in [0.29, 0.717) is 35.4 Å². The molecule has 0 aliphatic carbocycles. The van der Waals surface area contributed by atoms with Gasteiger partial charge in [-0.25, -0.2) is 9.67 Å². The van der Waals surface area contributed by atoms with E-state index in [9.17, 15) is 4.79 Å². The summed E-state index contributed by atoms with van der Waals surface area (Å²) >= 11 is 12.3. The molecular formula is C20H17Cl2N5O. The highest BCUT2D eigenvalue weighted by Gasteiger charge is 2.11. The van der Waals surface area contributed by atoms with E-state index in [1.807, 2.05) is 41.0 Å². The third-order valence-electron chi connectivity index (χ3n) is 4.44. The molecule has 142 valence electrons. The lowest BCUT2D eigenvalue weighted by atomic mass is 10.2. The molecule has 28 heavy (non-hydrogen) atoms. The fraction of sp³-hybridized carbons (Fsp3) is 0.150. The van der Waals surface area contributed by atoms with Crippen LogP contribution in [-0.2, 0) is 17.9 Å². The van der Waals surface area contributed by atoms with Crippen molar-refractivity contribution in [2.24, 2.45) is 0 Å². The Bertz CT molecular complexity index is 1130. The van der Waals surface area contributed by atoms with Gasteiger partial charge in [0.25, 0.3) is 0 Å². The van der Waals surface area contributed by atoms with Gasteiger partial charge in [-0.3, -0.25) is 4.79 Å². The standard InChI is InChI=1S/C20H17Cl2N5O/c21-15-5-3-4-14(20(15)22)12-27-18(8-10-24-27)25-19(28)9-11-26-13-23-16-6-1-2-7-17(16)26/h1-8,10,13H,9,11-12H2,(H,25,28).